The van der Waals surface area contributed by atoms with Crippen LogP contribution in [0.15, 0.2) is 30.9 Å². The van der Waals surface area contributed by atoms with Gasteiger partial charge in [0.05, 0.1) is 23.4 Å². The summed E-state index contributed by atoms with van der Waals surface area (Å²) >= 11 is 0. The van der Waals surface area contributed by atoms with Crippen molar-refractivity contribution in [3.05, 3.63) is 36.4 Å². The number of imidazole rings is 1. The Morgan fingerprint density at radius 1 is 1.38 bits per heavy atom. The smallest absolute Gasteiger partial charge is 0.0993 e. The average molecular weight is 214 g/mol. The van der Waals surface area contributed by atoms with Gasteiger partial charge < -0.3 is 15.6 Å². The summed E-state index contributed by atoms with van der Waals surface area (Å²) in [5, 5.41) is 3.43. The van der Waals surface area contributed by atoms with Crippen LogP contribution in [-0.4, -0.2) is 16.1 Å². The van der Waals surface area contributed by atoms with Gasteiger partial charge in [-0.3, -0.25) is 0 Å². The maximum atomic E-state index is 6.05. The highest BCUT2D eigenvalue weighted by Gasteiger charge is 2.15. The number of aromatic nitrogens is 2. The summed E-state index contributed by atoms with van der Waals surface area (Å²) in [5.41, 5.74) is 10.3. The summed E-state index contributed by atoms with van der Waals surface area (Å²) in [6.45, 7) is 1.01. The van der Waals surface area contributed by atoms with Gasteiger partial charge in [-0.25, -0.2) is 4.98 Å². The summed E-state index contributed by atoms with van der Waals surface area (Å²) in [7, 11) is 0. The molecule has 0 fully saturated rings. The molecule has 1 aliphatic heterocycles. The van der Waals surface area contributed by atoms with Crippen LogP contribution in [0.1, 0.15) is 12.0 Å². The Labute approximate surface area is 94.1 Å². The molecule has 2 heterocycles. The number of nitrogen functional groups attached to an aromatic ring is 1. The molecule has 0 atom stereocenters. The fraction of sp³-hybridized carbons (Fsp3) is 0.250. The predicted molar refractivity (Wildman–Crippen MR) is 64.8 cm³/mol. The van der Waals surface area contributed by atoms with Crippen LogP contribution >= 0.6 is 0 Å². The molecule has 82 valence electrons. The lowest BCUT2D eigenvalue weighted by atomic mass is 10.0. The van der Waals surface area contributed by atoms with E-state index in [0.29, 0.717) is 0 Å². The molecule has 1 aliphatic rings. The molecule has 0 aliphatic carbocycles. The summed E-state index contributed by atoms with van der Waals surface area (Å²) in [6, 6.07) is 4.08. The third-order valence-electron chi connectivity index (χ3n) is 2.98. The first-order valence-corrected chi connectivity index (χ1v) is 5.50. The standard InChI is InChI=1S/C12H14N4/c13-10-4-3-9-2-1-5-15-11(9)12(10)16-7-6-14-8-16/h3-4,6-8,15H,1-2,5,13H2. The minimum absolute atomic E-state index is 0.783. The van der Waals surface area contributed by atoms with Gasteiger partial charge in [-0.15, -0.1) is 0 Å². The SMILES string of the molecule is Nc1ccc2c(c1-n1ccnc1)NCCC2. The lowest BCUT2D eigenvalue weighted by Crippen LogP contribution is -2.15. The molecule has 0 saturated carbocycles. The number of nitrogens with two attached hydrogens (primary N) is 1. The van der Waals surface area contributed by atoms with Crippen molar-refractivity contribution in [3.8, 4) is 5.69 Å². The molecule has 2 aromatic rings. The maximum Gasteiger partial charge on any atom is 0.0993 e. The molecule has 3 rings (SSSR count). The summed E-state index contributed by atoms with van der Waals surface area (Å²) in [4.78, 5) is 4.07. The van der Waals surface area contributed by atoms with E-state index < -0.39 is 0 Å². The third-order valence-corrected chi connectivity index (χ3v) is 2.98. The number of nitrogens with one attached hydrogen (secondary N) is 1. The normalized spacial score (nSPS) is 14.2. The van der Waals surface area contributed by atoms with Crippen LogP contribution in [0.3, 0.4) is 0 Å². The molecule has 0 unspecified atom stereocenters. The first kappa shape index (κ1) is 9.27. The molecule has 16 heavy (non-hydrogen) atoms. The molecule has 4 nitrogen and oxygen atoms in total. The largest absolute Gasteiger partial charge is 0.397 e. The monoisotopic (exact) mass is 214 g/mol. The fourth-order valence-electron chi connectivity index (χ4n) is 2.22. The number of benzene rings is 1. The Bertz CT molecular complexity index is 502. The van der Waals surface area contributed by atoms with Gasteiger partial charge >= 0.3 is 0 Å². The summed E-state index contributed by atoms with van der Waals surface area (Å²) < 4.78 is 1.96. The Morgan fingerprint density at radius 3 is 3.12 bits per heavy atom. The zero-order chi connectivity index (χ0) is 11.0. The van der Waals surface area contributed by atoms with Crippen molar-refractivity contribution in [2.45, 2.75) is 12.8 Å². The van der Waals surface area contributed by atoms with E-state index in [2.05, 4.69) is 16.4 Å². The second-order valence-corrected chi connectivity index (χ2v) is 4.04. The van der Waals surface area contributed by atoms with E-state index in [1.165, 1.54) is 12.0 Å². The summed E-state index contributed by atoms with van der Waals surface area (Å²) in [5.74, 6) is 0. The van der Waals surface area contributed by atoms with Crippen LogP contribution in [0.2, 0.25) is 0 Å². The van der Waals surface area contributed by atoms with Gasteiger partial charge in [-0.1, -0.05) is 6.07 Å². The van der Waals surface area contributed by atoms with Crippen molar-refractivity contribution in [1.82, 2.24) is 9.55 Å². The molecule has 0 saturated heterocycles. The molecule has 4 heteroatoms. The number of rotatable bonds is 1. The van der Waals surface area contributed by atoms with Crippen molar-refractivity contribution < 1.29 is 0 Å². The molecule has 0 bridgehead atoms. The van der Waals surface area contributed by atoms with Gasteiger partial charge in [0.15, 0.2) is 0 Å². The Balaban J connectivity index is 2.22. The van der Waals surface area contributed by atoms with Gasteiger partial charge in [0, 0.05) is 18.9 Å². The second kappa shape index (κ2) is 3.56. The van der Waals surface area contributed by atoms with Gasteiger partial charge in [0.25, 0.3) is 0 Å². The number of fused-ring (bicyclic) bond motifs is 1. The first-order chi connectivity index (χ1) is 7.86. The quantitative estimate of drug-likeness (QED) is 0.712. The molecular weight excluding hydrogens is 200 g/mol. The van der Waals surface area contributed by atoms with Gasteiger partial charge in [-0.2, -0.15) is 0 Å². The van der Waals surface area contributed by atoms with Crippen LogP contribution in [0.5, 0.6) is 0 Å². The molecule has 0 spiro atoms. The van der Waals surface area contributed by atoms with Crippen LogP contribution in [-0.2, 0) is 6.42 Å². The number of hydrogen-bond acceptors (Lipinski definition) is 3. The molecule has 1 aromatic heterocycles. The highest BCUT2D eigenvalue weighted by atomic mass is 15.1. The Hall–Kier alpha value is -1.97. The van der Waals surface area contributed by atoms with Crippen molar-refractivity contribution >= 4 is 11.4 Å². The summed E-state index contributed by atoms with van der Waals surface area (Å²) in [6.07, 6.45) is 7.76. The van der Waals surface area contributed by atoms with Crippen molar-refractivity contribution in [2.24, 2.45) is 0 Å². The maximum absolute atomic E-state index is 6.05. The van der Waals surface area contributed by atoms with Crippen LogP contribution in [0.25, 0.3) is 5.69 Å². The number of aryl methyl sites for hydroxylation is 1. The number of hydrogen-bond donors (Lipinski definition) is 2. The van der Waals surface area contributed by atoms with E-state index in [4.69, 9.17) is 5.73 Å². The van der Waals surface area contributed by atoms with E-state index in [0.717, 1.165) is 30.0 Å². The molecule has 3 N–H and O–H groups in total. The van der Waals surface area contributed by atoms with E-state index in [9.17, 15) is 0 Å². The Morgan fingerprint density at radius 2 is 2.31 bits per heavy atom. The third kappa shape index (κ3) is 1.34. The number of nitrogens with zero attached hydrogens (tertiary/aromatic N) is 2. The van der Waals surface area contributed by atoms with Gasteiger partial charge in [0.2, 0.25) is 0 Å². The zero-order valence-corrected chi connectivity index (χ0v) is 8.98. The van der Waals surface area contributed by atoms with E-state index >= 15 is 0 Å². The van der Waals surface area contributed by atoms with Crippen molar-refractivity contribution in [3.63, 3.8) is 0 Å². The zero-order valence-electron chi connectivity index (χ0n) is 8.98. The Kier molecular flexibility index (Phi) is 2.06. The second-order valence-electron chi connectivity index (χ2n) is 4.04. The van der Waals surface area contributed by atoms with Crippen LogP contribution < -0.4 is 11.1 Å². The lowest BCUT2D eigenvalue weighted by molar-refractivity contribution is 0.825. The molecule has 0 radical (unpaired) electrons. The highest BCUT2D eigenvalue weighted by molar-refractivity contribution is 5.77. The average Bonchev–Trinajstić information content (AvgIpc) is 2.82. The predicted octanol–water partition coefficient (Wildman–Crippen LogP) is 1.81. The minimum Gasteiger partial charge on any atom is -0.397 e. The van der Waals surface area contributed by atoms with Crippen molar-refractivity contribution in [1.29, 1.82) is 0 Å². The van der Waals surface area contributed by atoms with Crippen molar-refractivity contribution in [2.75, 3.05) is 17.6 Å². The van der Waals surface area contributed by atoms with E-state index in [1.807, 2.05) is 16.8 Å². The topological polar surface area (TPSA) is 55.9 Å². The highest BCUT2D eigenvalue weighted by Crippen LogP contribution is 2.33. The lowest BCUT2D eigenvalue weighted by Gasteiger charge is -2.22. The van der Waals surface area contributed by atoms with E-state index in [1.54, 1.807) is 12.5 Å². The molecule has 0 amide bonds. The van der Waals surface area contributed by atoms with Crippen LogP contribution in [0, 0.1) is 0 Å². The van der Waals surface area contributed by atoms with E-state index in [-0.39, 0.29) is 0 Å². The first-order valence-electron chi connectivity index (χ1n) is 5.50. The molecule has 1 aromatic carbocycles. The van der Waals surface area contributed by atoms with Gasteiger partial charge in [-0.05, 0) is 24.5 Å². The fourth-order valence-corrected chi connectivity index (χ4v) is 2.22. The van der Waals surface area contributed by atoms with Gasteiger partial charge in [0.1, 0.15) is 0 Å². The number of anilines is 2. The minimum atomic E-state index is 0.783. The molecular formula is C12H14N4. The van der Waals surface area contributed by atoms with Crippen LogP contribution in [0.4, 0.5) is 11.4 Å².